The Balaban J connectivity index is 2.26. The lowest BCUT2D eigenvalue weighted by Crippen LogP contribution is -2.02. The van der Waals surface area contributed by atoms with Crippen molar-refractivity contribution in [2.45, 2.75) is 13.2 Å². The molecule has 0 radical (unpaired) electrons. The van der Waals surface area contributed by atoms with Crippen LogP contribution in [0.25, 0.3) is 0 Å². The van der Waals surface area contributed by atoms with Gasteiger partial charge < -0.3 is 14.6 Å². The minimum atomic E-state index is -0.141. The Labute approximate surface area is 127 Å². The molecule has 0 aliphatic carbocycles. The predicted molar refractivity (Wildman–Crippen MR) is 77.2 cm³/mol. The highest BCUT2D eigenvalue weighted by Gasteiger charge is 2.13. The fourth-order valence-electron chi connectivity index (χ4n) is 1.81. The first-order valence-corrected chi connectivity index (χ1v) is 6.51. The smallest absolute Gasteiger partial charge is 0.180 e. The van der Waals surface area contributed by atoms with Crippen molar-refractivity contribution in [1.29, 1.82) is 5.26 Å². The maximum Gasteiger partial charge on any atom is 0.180 e. The van der Waals surface area contributed by atoms with E-state index < -0.39 is 0 Å². The zero-order chi connectivity index (χ0) is 15.2. The van der Waals surface area contributed by atoms with Gasteiger partial charge in [-0.05, 0) is 23.8 Å². The normalized spacial score (nSPS) is 10.0. The van der Waals surface area contributed by atoms with Crippen LogP contribution in [-0.4, -0.2) is 17.2 Å². The highest BCUT2D eigenvalue weighted by atomic mass is 35.5. The zero-order valence-corrected chi connectivity index (χ0v) is 12.1. The van der Waals surface area contributed by atoms with Crippen LogP contribution in [0, 0.1) is 11.3 Å². The van der Waals surface area contributed by atoms with E-state index in [2.05, 4.69) is 4.98 Å². The van der Waals surface area contributed by atoms with Crippen LogP contribution in [0.2, 0.25) is 5.02 Å². The number of ether oxygens (including phenoxy) is 2. The Kier molecular flexibility index (Phi) is 4.99. The largest absolute Gasteiger partial charge is 0.493 e. The summed E-state index contributed by atoms with van der Waals surface area (Å²) in [6.07, 6.45) is 1.55. The second kappa shape index (κ2) is 6.93. The van der Waals surface area contributed by atoms with E-state index in [1.54, 1.807) is 30.5 Å². The molecule has 1 N–H and O–H groups in total. The van der Waals surface area contributed by atoms with Crippen LogP contribution in [0.3, 0.4) is 0 Å². The summed E-state index contributed by atoms with van der Waals surface area (Å²) >= 11 is 6.14. The number of methoxy groups -OCH3 is 1. The zero-order valence-electron chi connectivity index (χ0n) is 11.3. The number of rotatable bonds is 5. The maximum absolute atomic E-state index is 9.15. The second-order valence-electron chi connectivity index (χ2n) is 4.18. The first-order valence-electron chi connectivity index (χ1n) is 6.13. The molecule has 0 unspecified atom stereocenters. The first kappa shape index (κ1) is 15.1. The number of nitrogens with zero attached hydrogens (tertiary/aromatic N) is 2. The quantitative estimate of drug-likeness (QED) is 0.919. The molecular formula is C15H13ClN2O3. The Bertz CT molecular complexity index is 683. The number of hydrogen-bond acceptors (Lipinski definition) is 5. The molecule has 2 aromatic rings. The van der Waals surface area contributed by atoms with Crippen molar-refractivity contribution in [3.8, 4) is 17.6 Å². The van der Waals surface area contributed by atoms with E-state index in [9.17, 15) is 0 Å². The average Bonchev–Trinajstić information content (AvgIpc) is 2.53. The molecule has 0 atom stereocenters. The summed E-state index contributed by atoms with van der Waals surface area (Å²) in [5, 5.41) is 18.5. The Morgan fingerprint density at radius 1 is 1.43 bits per heavy atom. The molecule has 108 valence electrons. The topological polar surface area (TPSA) is 75.4 Å². The molecule has 0 amide bonds. The number of hydrogen-bond donors (Lipinski definition) is 1. The molecule has 21 heavy (non-hydrogen) atoms. The molecule has 0 saturated carbocycles. The van der Waals surface area contributed by atoms with Crippen molar-refractivity contribution >= 4 is 11.6 Å². The lowest BCUT2D eigenvalue weighted by Gasteiger charge is -2.14. The van der Waals surface area contributed by atoms with Crippen molar-refractivity contribution < 1.29 is 14.6 Å². The number of aliphatic hydroxyl groups excluding tert-OH is 1. The Morgan fingerprint density at radius 3 is 2.90 bits per heavy atom. The van der Waals surface area contributed by atoms with Crippen LogP contribution in [0.4, 0.5) is 0 Å². The van der Waals surface area contributed by atoms with Gasteiger partial charge in [-0.2, -0.15) is 5.26 Å². The minimum Gasteiger partial charge on any atom is -0.493 e. The second-order valence-corrected chi connectivity index (χ2v) is 4.59. The van der Waals surface area contributed by atoms with E-state index in [1.165, 1.54) is 7.11 Å². The summed E-state index contributed by atoms with van der Waals surface area (Å²) in [6.45, 7) is 0.00281. The highest BCUT2D eigenvalue weighted by Crippen LogP contribution is 2.37. The van der Waals surface area contributed by atoms with Crippen molar-refractivity contribution in [2.24, 2.45) is 0 Å². The number of nitriles is 1. The lowest BCUT2D eigenvalue weighted by molar-refractivity contribution is 0.274. The van der Waals surface area contributed by atoms with E-state index in [4.69, 9.17) is 31.4 Å². The van der Waals surface area contributed by atoms with E-state index in [0.717, 1.165) is 0 Å². The van der Waals surface area contributed by atoms with Gasteiger partial charge in [-0.1, -0.05) is 17.7 Å². The molecule has 1 aromatic heterocycles. The van der Waals surface area contributed by atoms with Gasteiger partial charge in [0, 0.05) is 11.8 Å². The minimum absolute atomic E-state index is 0.141. The summed E-state index contributed by atoms with van der Waals surface area (Å²) in [4.78, 5) is 3.96. The summed E-state index contributed by atoms with van der Waals surface area (Å²) in [5.41, 5.74) is 1.59. The maximum atomic E-state index is 9.15. The average molecular weight is 305 g/mol. The Morgan fingerprint density at radius 2 is 2.24 bits per heavy atom. The molecule has 0 aliphatic rings. The summed E-state index contributed by atoms with van der Waals surface area (Å²) < 4.78 is 10.9. The van der Waals surface area contributed by atoms with Crippen LogP contribution in [0.5, 0.6) is 11.5 Å². The number of aliphatic hydroxyl groups is 1. The van der Waals surface area contributed by atoms with Crippen LogP contribution in [0.15, 0.2) is 30.5 Å². The molecule has 1 heterocycles. The first-order chi connectivity index (χ1) is 10.2. The third-order valence-corrected chi connectivity index (χ3v) is 3.12. The number of benzene rings is 1. The summed E-state index contributed by atoms with van der Waals surface area (Å²) in [6, 6.07) is 8.75. The highest BCUT2D eigenvalue weighted by molar-refractivity contribution is 6.32. The number of pyridine rings is 1. The SMILES string of the molecule is COc1cc(CO)cc(Cl)c1OCc1cccnc1C#N. The van der Waals surface area contributed by atoms with Crippen LogP contribution < -0.4 is 9.47 Å². The van der Waals surface area contributed by atoms with Gasteiger partial charge in [-0.3, -0.25) is 0 Å². The molecule has 1 aromatic carbocycles. The van der Waals surface area contributed by atoms with Crippen molar-refractivity contribution in [2.75, 3.05) is 7.11 Å². The van der Waals surface area contributed by atoms with E-state index in [-0.39, 0.29) is 13.2 Å². The molecule has 0 fully saturated rings. The molecule has 0 bridgehead atoms. The monoisotopic (exact) mass is 304 g/mol. The van der Waals surface area contributed by atoms with E-state index in [0.29, 0.717) is 33.3 Å². The van der Waals surface area contributed by atoms with Crippen molar-refractivity contribution in [3.05, 3.63) is 52.3 Å². The third-order valence-electron chi connectivity index (χ3n) is 2.84. The molecule has 0 aliphatic heterocycles. The molecular weight excluding hydrogens is 292 g/mol. The molecule has 5 nitrogen and oxygen atoms in total. The predicted octanol–water partition coefficient (Wildman–Crippen LogP) is 2.69. The fraction of sp³-hybridized carbons (Fsp3) is 0.200. The van der Waals surface area contributed by atoms with Gasteiger partial charge in [-0.15, -0.1) is 0 Å². The van der Waals surface area contributed by atoms with Gasteiger partial charge in [0.2, 0.25) is 0 Å². The van der Waals surface area contributed by atoms with Gasteiger partial charge in [0.25, 0.3) is 0 Å². The summed E-state index contributed by atoms with van der Waals surface area (Å²) in [7, 11) is 1.49. The van der Waals surface area contributed by atoms with Gasteiger partial charge in [-0.25, -0.2) is 4.98 Å². The molecule has 6 heteroatoms. The van der Waals surface area contributed by atoms with Gasteiger partial charge in [0.15, 0.2) is 11.5 Å². The van der Waals surface area contributed by atoms with Gasteiger partial charge in [0.05, 0.1) is 18.7 Å². The van der Waals surface area contributed by atoms with Crippen molar-refractivity contribution in [1.82, 2.24) is 4.98 Å². The fourth-order valence-corrected chi connectivity index (χ4v) is 2.10. The number of halogens is 1. The lowest BCUT2D eigenvalue weighted by atomic mass is 10.2. The van der Waals surface area contributed by atoms with Gasteiger partial charge >= 0.3 is 0 Å². The van der Waals surface area contributed by atoms with Crippen LogP contribution >= 0.6 is 11.6 Å². The molecule has 2 rings (SSSR count). The van der Waals surface area contributed by atoms with E-state index >= 15 is 0 Å². The molecule has 0 saturated heterocycles. The number of aromatic nitrogens is 1. The Hall–Kier alpha value is -2.29. The van der Waals surface area contributed by atoms with Crippen molar-refractivity contribution in [3.63, 3.8) is 0 Å². The standard InChI is InChI=1S/C15H13ClN2O3/c1-20-14-6-10(8-19)5-12(16)15(14)21-9-11-3-2-4-18-13(11)7-17/h2-6,19H,8-9H2,1H3. The van der Waals surface area contributed by atoms with E-state index in [1.807, 2.05) is 6.07 Å². The van der Waals surface area contributed by atoms with Crippen LogP contribution in [-0.2, 0) is 13.2 Å². The molecule has 0 spiro atoms. The van der Waals surface area contributed by atoms with Gasteiger partial charge in [0.1, 0.15) is 18.4 Å². The summed E-state index contributed by atoms with van der Waals surface area (Å²) in [5.74, 6) is 0.790. The third kappa shape index (κ3) is 3.43. The van der Waals surface area contributed by atoms with Crippen LogP contribution in [0.1, 0.15) is 16.8 Å².